The summed E-state index contributed by atoms with van der Waals surface area (Å²) in [5.41, 5.74) is 5.93. The predicted octanol–water partition coefficient (Wildman–Crippen LogP) is 2.82. The number of thioether (sulfide) groups is 1. The van der Waals surface area contributed by atoms with Gasteiger partial charge in [-0.05, 0) is 31.5 Å². The van der Waals surface area contributed by atoms with Crippen molar-refractivity contribution < 1.29 is 18.5 Å². The Kier molecular flexibility index (Phi) is 5.53. The van der Waals surface area contributed by atoms with Crippen LogP contribution in [0.4, 0.5) is 14.9 Å². The average Bonchev–Trinajstić information content (AvgIpc) is 2.80. The Morgan fingerprint density at radius 3 is 2.77 bits per heavy atom. The van der Waals surface area contributed by atoms with Gasteiger partial charge in [-0.25, -0.2) is 9.18 Å². The monoisotopic (exact) mass is 346 g/mol. The minimum Gasteiger partial charge on any atom is -0.443 e. The predicted molar refractivity (Wildman–Crippen MR) is 88.1 cm³/mol. The lowest BCUT2D eigenvalue weighted by atomic mass is 10.2. The van der Waals surface area contributed by atoms with Crippen molar-refractivity contribution in [3.8, 4) is 0 Å². The standard InChI is InChI=1S/C14H20FN2O3PS/c1-21(2,19)5-6-22-13-4-3-10(7-12(13)15)17-9-11(8-16)20-14(17)18/h3-4,7,11H,5-6,8-9,16H2,1-2H3/t11-/m0/s1. The van der Waals surface area contributed by atoms with E-state index in [1.807, 2.05) is 0 Å². The van der Waals surface area contributed by atoms with Crippen LogP contribution in [0.2, 0.25) is 0 Å². The van der Waals surface area contributed by atoms with Crippen LogP contribution >= 0.6 is 18.9 Å². The average molecular weight is 346 g/mol. The molecule has 1 aromatic rings. The second-order valence-corrected chi connectivity index (χ2v) is 10.3. The number of amides is 1. The van der Waals surface area contributed by atoms with E-state index in [2.05, 4.69) is 0 Å². The van der Waals surface area contributed by atoms with Gasteiger partial charge in [0.15, 0.2) is 0 Å². The molecule has 1 saturated heterocycles. The largest absolute Gasteiger partial charge is 0.443 e. The summed E-state index contributed by atoms with van der Waals surface area (Å²) in [6.07, 6.45) is -0.295. The summed E-state index contributed by atoms with van der Waals surface area (Å²) >= 11 is 1.33. The van der Waals surface area contributed by atoms with Crippen LogP contribution in [0, 0.1) is 5.82 Å². The zero-order valence-electron chi connectivity index (χ0n) is 12.6. The van der Waals surface area contributed by atoms with Gasteiger partial charge in [0.25, 0.3) is 0 Å². The maximum atomic E-state index is 14.1. The van der Waals surface area contributed by atoms with Gasteiger partial charge in [0, 0.05) is 23.4 Å². The molecular formula is C14H20FN2O3PS. The van der Waals surface area contributed by atoms with Crippen LogP contribution in [0.1, 0.15) is 0 Å². The van der Waals surface area contributed by atoms with Crippen molar-refractivity contribution in [1.29, 1.82) is 0 Å². The minimum absolute atomic E-state index is 0.243. The maximum Gasteiger partial charge on any atom is 0.414 e. The van der Waals surface area contributed by atoms with Crippen LogP contribution in [0.5, 0.6) is 0 Å². The number of ether oxygens (including phenoxy) is 1. The first-order chi connectivity index (χ1) is 10.3. The third-order valence-corrected chi connectivity index (χ3v) is 5.90. The fraction of sp³-hybridized carbons (Fsp3) is 0.500. The number of nitrogens with two attached hydrogens (primary N) is 1. The smallest absolute Gasteiger partial charge is 0.414 e. The van der Waals surface area contributed by atoms with Gasteiger partial charge >= 0.3 is 6.09 Å². The highest BCUT2D eigenvalue weighted by molar-refractivity contribution is 7.99. The number of hydrogen-bond acceptors (Lipinski definition) is 5. The molecule has 122 valence electrons. The molecule has 8 heteroatoms. The summed E-state index contributed by atoms with van der Waals surface area (Å²) in [5, 5.41) is 0. The van der Waals surface area contributed by atoms with E-state index in [9.17, 15) is 13.8 Å². The van der Waals surface area contributed by atoms with E-state index < -0.39 is 19.1 Å². The quantitative estimate of drug-likeness (QED) is 0.633. The van der Waals surface area contributed by atoms with Crippen LogP contribution in [-0.2, 0) is 9.30 Å². The number of benzene rings is 1. The van der Waals surface area contributed by atoms with E-state index >= 15 is 0 Å². The van der Waals surface area contributed by atoms with Crippen molar-refractivity contribution in [2.45, 2.75) is 11.0 Å². The van der Waals surface area contributed by atoms with E-state index in [1.165, 1.54) is 22.7 Å². The Morgan fingerprint density at radius 2 is 2.23 bits per heavy atom. The SMILES string of the molecule is CP(C)(=O)CCSc1ccc(N2C[C@H](CN)OC2=O)cc1F. The lowest BCUT2D eigenvalue weighted by molar-refractivity contribution is 0.145. The van der Waals surface area contributed by atoms with E-state index in [0.717, 1.165) is 0 Å². The molecule has 0 saturated carbocycles. The van der Waals surface area contributed by atoms with Gasteiger partial charge in [-0.1, -0.05) is 0 Å². The molecule has 0 unspecified atom stereocenters. The fourth-order valence-corrected chi connectivity index (χ4v) is 4.71. The van der Waals surface area contributed by atoms with Crippen molar-refractivity contribution in [3.05, 3.63) is 24.0 Å². The molecule has 22 heavy (non-hydrogen) atoms. The molecule has 1 aromatic carbocycles. The summed E-state index contributed by atoms with van der Waals surface area (Å²) < 4.78 is 30.8. The van der Waals surface area contributed by atoms with Gasteiger partial charge in [0.2, 0.25) is 0 Å². The van der Waals surface area contributed by atoms with Gasteiger partial charge in [0.1, 0.15) is 11.9 Å². The maximum absolute atomic E-state index is 14.1. The Balaban J connectivity index is 2.03. The summed E-state index contributed by atoms with van der Waals surface area (Å²) in [4.78, 5) is 13.6. The number of carbonyl (C=O) groups is 1. The molecule has 0 aromatic heterocycles. The molecule has 0 radical (unpaired) electrons. The first kappa shape index (κ1) is 17.3. The normalized spacial score (nSPS) is 18.6. The molecule has 2 N–H and O–H groups in total. The van der Waals surface area contributed by atoms with E-state index in [4.69, 9.17) is 10.5 Å². The Labute approximate surface area is 133 Å². The molecule has 1 fully saturated rings. The lowest BCUT2D eigenvalue weighted by Crippen LogP contribution is -2.27. The fourth-order valence-electron chi connectivity index (χ4n) is 2.01. The highest BCUT2D eigenvalue weighted by Gasteiger charge is 2.31. The summed E-state index contributed by atoms with van der Waals surface area (Å²) in [6.45, 7) is 4.02. The Hall–Kier alpha value is -1.04. The number of cyclic esters (lactones) is 1. The van der Waals surface area contributed by atoms with Crippen molar-refractivity contribution in [1.82, 2.24) is 0 Å². The number of anilines is 1. The van der Waals surface area contributed by atoms with Crippen LogP contribution in [0.25, 0.3) is 0 Å². The highest BCUT2D eigenvalue weighted by atomic mass is 32.2. The second kappa shape index (κ2) is 7.02. The van der Waals surface area contributed by atoms with Crippen LogP contribution < -0.4 is 10.6 Å². The number of nitrogens with zero attached hydrogens (tertiary/aromatic N) is 1. The number of carbonyl (C=O) groups excluding carboxylic acids is 1. The molecule has 1 heterocycles. The molecule has 1 aliphatic rings. The molecule has 0 bridgehead atoms. The third-order valence-electron chi connectivity index (χ3n) is 3.25. The lowest BCUT2D eigenvalue weighted by Gasteiger charge is -2.14. The van der Waals surface area contributed by atoms with Crippen LogP contribution in [0.3, 0.4) is 0 Å². The summed E-state index contributed by atoms with van der Waals surface area (Å²) in [7, 11) is -2.09. The first-order valence-corrected chi connectivity index (χ1v) is 10.7. The Bertz CT molecular complexity index is 608. The van der Waals surface area contributed by atoms with Crippen molar-refractivity contribution in [2.75, 3.05) is 43.2 Å². The molecule has 1 aliphatic heterocycles. The molecule has 1 amide bonds. The highest BCUT2D eigenvalue weighted by Crippen LogP contribution is 2.38. The zero-order chi connectivity index (χ0) is 16.3. The topological polar surface area (TPSA) is 72.6 Å². The number of rotatable bonds is 6. The number of halogens is 1. The molecule has 0 aliphatic carbocycles. The van der Waals surface area contributed by atoms with Gasteiger partial charge in [-0.15, -0.1) is 11.8 Å². The van der Waals surface area contributed by atoms with E-state index in [0.29, 0.717) is 29.0 Å². The summed E-state index contributed by atoms with van der Waals surface area (Å²) in [6, 6.07) is 4.64. The summed E-state index contributed by atoms with van der Waals surface area (Å²) in [5.74, 6) is 0.204. The van der Waals surface area contributed by atoms with Crippen LogP contribution in [0.15, 0.2) is 23.1 Å². The van der Waals surface area contributed by atoms with Crippen LogP contribution in [-0.4, -0.2) is 50.5 Å². The molecule has 1 atom stereocenters. The zero-order valence-corrected chi connectivity index (χ0v) is 14.3. The molecular weight excluding hydrogens is 326 g/mol. The number of hydrogen-bond donors (Lipinski definition) is 1. The Morgan fingerprint density at radius 1 is 1.50 bits per heavy atom. The van der Waals surface area contributed by atoms with E-state index in [-0.39, 0.29) is 12.6 Å². The minimum atomic E-state index is -2.09. The molecule has 2 rings (SSSR count). The van der Waals surface area contributed by atoms with Crippen molar-refractivity contribution >= 4 is 30.7 Å². The van der Waals surface area contributed by atoms with Crippen molar-refractivity contribution in [3.63, 3.8) is 0 Å². The molecule has 5 nitrogen and oxygen atoms in total. The second-order valence-electron chi connectivity index (χ2n) is 5.61. The van der Waals surface area contributed by atoms with Gasteiger partial charge in [0.05, 0.1) is 19.4 Å². The first-order valence-electron chi connectivity index (χ1n) is 6.95. The van der Waals surface area contributed by atoms with E-state index in [1.54, 1.807) is 25.5 Å². The third kappa shape index (κ3) is 4.48. The van der Waals surface area contributed by atoms with Crippen molar-refractivity contribution in [2.24, 2.45) is 5.73 Å². The van der Waals surface area contributed by atoms with Gasteiger partial charge in [-0.3, -0.25) is 4.90 Å². The van der Waals surface area contributed by atoms with Gasteiger partial charge < -0.3 is 15.0 Å². The molecule has 0 spiro atoms. The van der Waals surface area contributed by atoms with Gasteiger partial charge in [-0.2, -0.15) is 0 Å².